The molecule has 0 aliphatic carbocycles. The average molecular weight is 148 g/mol. The van der Waals surface area contributed by atoms with Crippen LogP contribution in [-0.4, -0.2) is 25.0 Å². The van der Waals surface area contributed by atoms with Gasteiger partial charge in [0.25, 0.3) is 0 Å². The molecule has 0 amide bonds. The highest BCUT2D eigenvalue weighted by Gasteiger charge is 2.13. The highest BCUT2D eigenvalue weighted by atomic mass is 14.9. The van der Waals surface area contributed by atoms with Gasteiger partial charge < -0.3 is 0 Å². The van der Waals surface area contributed by atoms with E-state index in [1.54, 1.807) is 6.21 Å². The third kappa shape index (κ3) is 1.87. The molecule has 0 aromatic carbocycles. The third-order valence-electron chi connectivity index (χ3n) is 1.60. The lowest BCUT2D eigenvalue weighted by atomic mass is 10.1. The summed E-state index contributed by atoms with van der Waals surface area (Å²) >= 11 is 0. The number of rotatable bonds is 2. The topological polar surface area (TPSA) is 24.7 Å². The minimum absolute atomic E-state index is 0.121. The van der Waals surface area contributed by atoms with Crippen molar-refractivity contribution in [3.63, 3.8) is 0 Å². The molecule has 1 aliphatic rings. The third-order valence-corrected chi connectivity index (χ3v) is 1.60. The molecule has 0 N–H and O–H groups in total. The Morgan fingerprint density at radius 3 is 3.09 bits per heavy atom. The highest BCUT2D eigenvalue weighted by molar-refractivity contribution is 5.73. The van der Waals surface area contributed by atoms with Crippen LogP contribution in [0.2, 0.25) is 0 Å². The molecule has 1 rings (SSSR count). The summed E-state index contributed by atoms with van der Waals surface area (Å²) < 4.78 is 0. The Bertz CT molecular complexity index is 214. The second-order valence-corrected chi connectivity index (χ2v) is 2.37. The summed E-state index contributed by atoms with van der Waals surface area (Å²) in [4.78, 5) is 8.18. The SMILES string of the molecule is C=NC1C=CC=NC1/C=C\C. The van der Waals surface area contributed by atoms with E-state index in [2.05, 4.69) is 16.7 Å². The summed E-state index contributed by atoms with van der Waals surface area (Å²) in [5.41, 5.74) is 0. The van der Waals surface area contributed by atoms with Gasteiger partial charge in [-0.15, -0.1) is 0 Å². The Labute approximate surface area is 67.1 Å². The van der Waals surface area contributed by atoms with Crippen LogP contribution in [0, 0.1) is 0 Å². The van der Waals surface area contributed by atoms with E-state index in [0.29, 0.717) is 0 Å². The molecular formula is C9H12N2. The zero-order valence-electron chi connectivity index (χ0n) is 6.64. The number of aliphatic imine (C=N–C) groups is 2. The van der Waals surface area contributed by atoms with Crippen molar-refractivity contribution in [3.05, 3.63) is 24.3 Å². The molecule has 2 atom stereocenters. The van der Waals surface area contributed by atoms with Crippen LogP contribution in [0.4, 0.5) is 0 Å². The Kier molecular flexibility index (Phi) is 2.78. The standard InChI is InChI=1S/C9H12N2/c1-3-5-9-8(10-2)6-4-7-11-9/h3-9H,2H2,1H3/b5-3-. The van der Waals surface area contributed by atoms with Crippen LogP contribution in [0.5, 0.6) is 0 Å². The van der Waals surface area contributed by atoms with Gasteiger partial charge in [-0.1, -0.05) is 18.2 Å². The van der Waals surface area contributed by atoms with Crippen molar-refractivity contribution in [1.29, 1.82) is 0 Å². The van der Waals surface area contributed by atoms with Gasteiger partial charge in [-0.2, -0.15) is 0 Å². The van der Waals surface area contributed by atoms with E-state index < -0.39 is 0 Å². The summed E-state index contributed by atoms with van der Waals surface area (Å²) in [6.45, 7) is 5.49. The first-order valence-corrected chi connectivity index (χ1v) is 3.67. The van der Waals surface area contributed by atoms with Crippen LogP contribution in [0.3, 0.4) is 0 Å². The van der Waals surface area contributed by atoms with Crippen molar-refractivity contribution in [2.24, 2.45) is 9.98 Å². The summed E-state index contributed by atoms with van der Waals surface area (Å²) in [5.74, 6) is 0. The molecule has 0 aromatic rings. The molecule has 58 valence electrons. The van der Waals surface area contributed by atoms with Crippen LogP contribution in [-0.2, 0) is 0 Å². The average Bonchev–Trinajstić information content (AvgIpc) is 2.06. The number of dihydropyridines is 1. The fraction of sp³-hybridized carbons (Fsp3) is 0.333. The molecule has 0 bridgehead atoms. The zero-order chi connectivity index (χ0) is 8.10. The van der Waals surface area contributed by atoms with Crippen LogP contribution < -0.4 is 0 Å². The second-order valence-electron chi connectivity index (χ2n) is 2.37. The van der Waals surface area contributed by atoms with Crippen molar-refractivity contribution >= 4 is 12.9 Å². The first kappa shape index (κ1) is 7.92. The molecule has 0 saturated carbocycles. The van der Waals surface area contributed by atoms with E-state index in [1.165, 1.54) is 0 Å². The van der Waals surface area contributed by atoms with Crippen LogP contribution in [0.25, 0.3) is 0 Å². The van der Waals surface area contributed by atoms with Crippen molar-refractivity contribution in [1.82, 2.24) is 0 Å². The maximum absolute atomic E-state index is 4.24. The van der Waals surface area contributed by atoms with Gasteiger partial charge in [0.05, 0.1) is 12.1 Å². The van der Waals surface area contributed by atoms with E-state index in [4.69, 9.17) is 0 Å². The number of hydrogen-bond donors (Lipinski definition) is 0. The fourth-order valence-electron chi connectivity index (χ4n) is 1.04. The molecule has 0 saturated heterocycles. The van der Waals surface area contributed by atoms with Gasteiger partial charge >= 0.3 is 0 Å². The molecule has 2 nitrogen and oxygen atoms in total. The van der Waals surface area contributed by atoms with Crippen molar-refractivity contribution in [3.8, 4) is 0 Å². The smallest absolute Gasteiger partial charge is 0.0938 e. The Morgan fingerprint density at radius 1 is 1.64 bits per heavy atom. The quantitative estimate of drug-likeness (QED) is 0.420. The summed E-state index contributed by atoms with van der Waals surface area (Å²) in [7, 11) is 0. The Hall–Kier alpha value is -1.18. The van der Waals surface area contributed by atoms with Crippen molar-refractivity contribution in [2.75, 3.05) is 0 Å². The van der Waals surface area contributed by atoms with Gasteiger partial charge in [-0.05, 0) is 19.7 Å². The van der Waals surface area contributed by atoms with Crippen molar-refractivity contribution < 1.29 is 0 Å². The van der Waals surface area contributed by atoms with E-state index in [0.717, 1.165) is 0 Å². The van der Waals surface area contributed by atoms with Gasteiger partial charge in [0.2, 0.25) is 0 Å². The molecular weight excluding hydrogens is 136 g/mol. The molecule has 1 heterocycles. The van der Waals surface area contributed by atoms with Crippen LogP contribution in [0.15, 0.2) is 34.3 Å². The zero-order valence-corrected chi connectivity index (χ0v) is 6.64. The van der Waals surface area contributed by atoms with Gasteiger partial charge in [0, 0.05) is 6.21 Å². The minimum atomic E-state index is 0.121. The molecule has 11 heavy (non-hydrogen) atoms. The first-order valence-electron chi connectivity index (χ1n) is 3.67. The highest BCUT2D eigenvalue weighted by Crippen LogP contribution is 2.09. The van der Waals surface area contributed by atoms with Gasteiger partial charge in [-0.3, -0.25) is 9.98 Å². The normalized spacial score (nSPS) is 29.5. The predicted octanol–water partition coefficient (Wildman–Crippen LogP) is 1.64. The molecule has 2 heteroatoms. The van der Waals surface area contributed by atoms with Gasteiger partial charge in [0.1, 0.15) is 0 Å². The minimum Gasteiger partial charge on any atom is -0.291 e. The summed E-state index contributed by atoms with van der Waals surface area (Å²) in [6.07, 6.45) is 9.72. The lowest BCUT2D eigenvalue weighted by Crippen LogP contribution is -2.20. The molecule has 0 radical (unpaired) electrons. The van der Waals surface area contributed by atoms with Crippen LogP contribution in [0.1, 0.15) is 6.92 Å². The lowest BCUT2D eigenvalue weighted by Gasteiger charge is -2.15. The number of hydrogen-bond acceptors (Lipinski definition) is 2. The molecule has 0 fully saturated rings. The van der Waals surface area contributed by atoms with E-state index in [-0.39, 0.29) is 12.1 Å². The number of allylic oxidation sites excluding steroid dienone is 2. The molecule has 0 spiro atoms. The second kappa shape index (κ2) is 3.86. The largest absolute Gasteiger partial charge is 0.291 e. The van der Waals surface area contributed by atoms with E-state index in [1.807, 2.05) is 31.2 Å². The predicted molar refractivity (Wildman–Crippen MR) is 49.6 cm³/mol. The van der Waals surface area contributed by atoms with Crippen molar-refractivity contribution in [2.45, 2.75) is 19.0 Å². The maximum Gasteiger partial charge on any atom is 0.0938 e. The van der Waals surface area contributed by atoms with E-state index in [9.17, 15) is 0 Å². The Morgan fingerprint density at radius 2 is 2.45 bits per heavy atom. The Balaban J connectivity index is 2.70. The monoisotopic (exact) mass is 148 g/mol. The molecule has 1 aliphatic heterocycles. The van der Waals surface area contributed by atoms with Gasteiger partial charge in [-0.25, -0.2) is 0 Å². The maximum atomic E-state index is 4.24. The lowest BCUT2D eigenvalue weighted by molar-refractivity contribution is 0.710. The van der Waals surface area contributed by atoms with Crippen LogP contribution >= 0.6 is 0 Å². The summed E-state index contributed by atoms with van der Waals surface area (Å²) in [6, 6.07) is 0.277. The molecule has 0 aromatic heterocycles. The molecule has 2 unspecified atom stereocenters. The first-order chi connectivity index (χ1) is 5.38. The fourth-order valence-corrected chi connectivity index (χ4v) is 1.04. The van der Waals surface area contributed by atoms with E-state index >= 15 is 0 Å². The summed E-state index contributed by atoms with van der Waals surface area (Å²) in [5, 5.41) is 0. The van der Waals surface area contributed by atoms with Gasteiger partial charge in [0.15, 0.2) is 0 Å². The number of nitrogens with zero attached hydrogens (tertiary/aromatic N) is 2.